The van der Waals surface area contributed by atoms with Crippen molar-refractivity contribution in [2.45, 2.75) is 18.4 Å². The molecule has 108 valence electrons. The van der Waals surface area contributed by atoms with Gasteiger partial charge in [-0.15, -0.1) is 11.3 Å². The van der Waals surface area contributed by atoms with Crippen LogP contribution >= 0.6 is 11.3 Å². The van der Waals surface area contributed by atoms with Crippen LogP contribution in [0.1, 0.15) is 10.7 Å². The van der Waals surface area contributed by atoms with E-state index in [1.807, 2.05) is 12.3 Å². The van der Waals surface area contributed by atoms with Crippen molar-refractivity contribution in [3.8, 4) is 0 Å². The average Bonchev–Trinajstić information content (AvgIpc) is 2.83. The zero-order valence-corrected chi connectivity index (χ0v) is 12.8. The van der Waals surface area contributed by atoms with Crippen molar-refractivity contribution in [2.75, 3.05) is 18.1 Å². The third kappa shape index (κ3) is 3.27. The van der Waals surface area contributed by atoms with Gasteiger partial charge in [-0.25, -0.2) is 18.1 Å². The minimum Gasteiger partial charge on any atom is -0.397 e. The second kappa shape index (κ2) is 5.78. The highest BCUT2D eigenvalue weighted by atomic mass is 32.2. The van der Waals surface area contributed by atoms with Gasteiger partial charge in [-0.05, 0) is 32.2 Å². The van der Waals surface area contributed by atoms with Gasteiger partial charge in [0.1, 0.15) is 0 Å². The number of nitrogens with two attached hydrogens (primary N) is 1. The number of hydrogen-bond donors (Lipinski definition) is 3. The lowest BCUT2D eigenvalue weighted by Crippen LogP contribution is -2.18. The van der Waals surface area contributed by atoms with E-state index in [2.05, 4.69) is 15.0 Å². The van der Waals surface area contributed by atoms with Gasteiger partial charge in [-0.1, -0.05) is 0 Å². The molecule has 2 aromatic rings. The van der Waals surface area contributed by atoms with Gasteiger partial charge in [-0.2, -0.15) is 0 Å². The highest BCUT2D eigenvalue weighted by Gasteiger charge is 2.12. The number of nitrogen functional groups attached to an aromatic ring is 1. The van der Waals surface area contributed by atoms with Crippen LogP contribution in [0.2, 0.25) is 0 Å². The SMILES string of the molecule is CNS(=O)(=O)c1ccc(NCc2csc(C)n2)c(N)c1. The summed E-state index contributed by atoms with van der Waals surface area (Å²) in [7, 11) is -2.11. The van der Waals surface area contributed by atoms with E-state index in [0.717, 1.165) is 10.7 Å². The van der Waals surface area contributed by atoms with E-state index in [-0.39, 0.29) is 4.90 Å². The van der Waals surface area contributed by atoms with E-state index in [4.69, 9.17) is 5.73 Å². The summed E-state index contributed by atoms with van der Waals surface area (Å²) in [5.74, 6) is 0. The normalized spacial score (nSPS) is 11.5. The summed E-state index contributed by atoms with van der Waals surface area (Å²) in [6.07, 6.45) is 0. The van der Waals surface area contributed by atoms with E-state index < -0.39 is 10.0 Å². The van der Waals surface area contributed by atoms with Crippen molar-refractivity contribution < 1.29 is 8.42 Å². The van der Waals surface area contributed by atoms with Crippen LogP contribution in [0.15, 0.2) is 28.5 Å². The van der Waals surface area contributed by atoms with Crippen molar-refractivity contribution in [3.63, 3.8) is 0 Å². The topological polar surface area (TPSA) is 97.1 Å². The molecule has 0 amide bonds. The number of benzene rings is 1. The summed E-state index contributed by atoms with van der Waals surface area (Å²) in [6, 6.07) is 4.59. The van der Waals surface area contributed by atoms with Crippen molar-refractivity contribution in [1.82, 2.24) is 9.71 Å². The van der Waals surface area contributed by atoms with Gasteiger partial charge in [-0.3, -0.25) is 0 Å². The van der Waals surface area contributed by atoms with Crippen LogP contribution in [0.5, 0.6) is 0 Å². The summed E-state index contributed by atoms with van der Waals surface area (Å²) in [5, 5.41) is 6.12. The van der Waals surface area contributed by atoms with Gasteiger partial charge < -0.3 is 11.1 Å². The maximum atomic E-state index is 11.7. The van der Waals surface area contributed by atoms with Crippen LogP contribution in [0.25, 0.3) is 0 Å². The molecule has 8 heteroatoms. The quantitative estimate of drug-likeness (QED) is 0.728. The van der Waals surface area contributed by atoms with Crippen molar-refractivity contribution in [2.24, 2.45) is 0 Å². The molecule has 6 nitrogen and oxygen atoms in total. The van der Waals surface area contributed by atoms with Crippen LogP contribution in [0, 0.1) is 6.92 Å². The summed E-state index contributed by atoms with van der Waals surface area (Å²) in [4.78, 5) is 4.48. The number of nitrogens with one attached hydrogen (secondary N) is 2. The summed E-state index contributed by atoms with van der Waals surface area (Å²) in [5.41, 5.74) is 7.87. The van der Waals surface area contributed by atoms with E-state index in [1.165, 1.54) is 19.2 Å². The van der Waals surface area contributed by atoms with E-state index in [0.29, 0.717) is 17.9 Å². The van der Waals surface area contributed by atoms with Crippen LogP contribution in [-0.2, 0) is 16.6 Å². The Labute approximate surface area is 122 Å². The summed E-state index contributed by atoms with van der Waals surface area (Å²) in [6.45, 7) is 2.49. The number of thiazole rings is 1. The lowest BCUT2D eigenvalue weighted by molar-refractivity contribution is 0.588. The smallest absolute Gasteiger partial charge is 0.240 e. The number of sulfonamides is 1. The number of anilines is 2. The van der Waals surface area contributed by atoms with Crippen molar-refractivity contribution in [3.05, 3.63) is 34.3 Å². The average molecular weight is 312 g/mol. The van der Waals surface area contributed by atoms with Gasteiger partial charge in [0.15, 0.2) is 0 Å². The second-order valence-corrected chi connectivity index (χ2v) is 7.12. The Morgan fingerprint density at radius 2 is 2.15 bits per heavy atom. The number of aryl methyl sites for hydroxylation is 1. The molecule has 4 N–H and O–H groups in total. The first-order valence-corrected chi connectivity index (χ1v) is 8.26. The Hall–Kier alpha value is -1.64. The molecule has 0 aliphatic carbocycles. The maximum Gasteiger partial charge on any atom is 0.240 e. The fourth-order valence-corrected chi connectivity index (χ4v) is 3.04. The molecule has 0 atom stereocenters. The third-order valence-corrected chi connectivity index (χ3v) is 4.96. The molecular weight excluding hydrogens is 296 g/mol. The molecule has 20 heavy (non-hydrogen) atoms. The highest BCUT2D eigenvalue weighted by molar-refractivity contribution is 7.89. The minimum atomic E-state index is -3.47. The first-order valence-electron chi connectivity index (χ1n) is 5.90. The fourth-order valence-electron chi connectivity index (χ4n) is 1.66. The molecule has 0 unspecified atom stereocenters. The Kier molecular flexibility index (Phi) is 4.26. The molecule has 0 saturated heterocycles. The van der Waals surface area contributed by atoms with Gasteiger partial charge in [0.05, 0.1) is 33.5 Å². The Morgan fingerprint density at radius 1 is 1.40 bits per heavy atom. The number of nitrogens with zero attached hydrogens (tertiary/aromatic N) is 1. The van der Waals surface area contributed by atoms with E-state index in [1.54, 1.807) is 17.4 Å². The van der Waals surface area contributed by atoms with E-state index >= 15 is 0 Å². The second-order valence-electron chi connectivity index (χ2n) is 4.17. The molecule has 0 aliphatic heterocycles. The molecule has 1 heterocycles. The lowest BCUT2D eigenvalue weighted by Gasteiger charge is -2.10. The molecular formula is C12H16N4O2S2. The number of aromatic nitrogens is 1. The predicted molar refractivity (Wildman–Crippen MR) is 81.3 cm³/mol. The third-order valence-electron chi connectivity index (χ3n) is 2.73. The van der Waals surface area contributed by atoms with Gasteiger partial charge >= 0.3 is 0 Å². The zero-order chi connectivity index (χ0) is 14.8. The fraction of sp³-hybridized carbons (Fsp3) is 0.250. The largest absolute Gasteiger partial charge is 0.397 e. The van der Waals surface area contributed by atoms with Crippen LogP contribution in [0.4, 0.5) is 11.4 Å². The molecule has 2 rings (SSSR count). The Balaban J connectivity index is 2.14. The first kappa shape index (κ1) is 14.8. The molecule has 0 fully saturated rings. The summed E-state index contributed by atoms with van der Waals surface area (Å²) < 4.78 is 25.6. The van der Waals surface area contributed by atoms with Crippen molar-refractivity contribution >= 4 is 32.7 Å². The molecule has 1 aromatic heterocycles. The molecule has 0 bridgehead atoms. The van der Waals surface area contributed by atoms with Crippen LogP contribution in [-0.4, -0.2) is 20.4 Å². The predicted octanol–water partition coefficient (Wildman–Crippen LogP) is 1.55. The Morgan fingerprint density at radius 3 is 2.70 bits per heavy atom. The maximum absolute atomic E-state index is 11.7. The monoisotopic (exact) mass is 312 g/mol. The van der Waals surface area contributed by atoms with Gasteiger partial charge in [0.25, 0.3) is 0 Å². The zero-order valence-electron chi connectivity index (χ0n) is 11.2. The molecule has 0 aliphatic rings. The molecule has 1 aromatic carbocycles. The minimum absolute atomic E-state index is 0.146. The number of rotatable bonds is 5. The highest BCUT2D eigenvalue weighted by Crippen LogP contribution is 2.23. The molecule has 0 saturated carbocycles. The standard InChI is InChI=1S/C12H16N4O2S2/c1-8-16-9(7-19-8)6-15-12-4-3-10(5-11(12)13)20(17,18)14-2/h3-5,7,14-15H,6,13H2,1-2H3. The molecule has 0 radical (unpaired) electrons. The van der Waals surface area contributed by atoms with Crippen molar-refractivity contribution in [1.29, 1.82) is 0 Å². The van der Waals surface area contributed by atoms with Gasteiger partial charge in [0.2, 0.25) is 10.0 Å². The number of hydrogen-bond acceptors (Lipinski definition) is 6. The van der Waals surface area contributed by atoms with Gasteiger partial charge in [0, 0.05) is 5.38 Å². The summed E-state index contributed by atoms with van der Waals surface area (Å²) >= 11 is 1.58. The van der Waals surface area contributed by atoms with Crippen LogP contribution < -0.4 is 15.8 Å². The first-order chi connectivity index (χ1) is 9.42. The lowest BCUT2D eigenvalue weighted by atomic mass is 10.2. The molecule has 0 spiro atoms. The van der Waals surface area contributed by atoms with Crippen LogP contribution in [0.3, 0.4) is 0 Å². The Bertz CT molecular complexity index is 710. The van der Waals surface area contributed by atoms with E-state index in [9.17, 15) is 8.42 Å².